The Balaban J connectivity index is 0.000000561. The van der Waals surface area contributed by atoms with Crippen LogP contribution in [0.1, 0.15) is 0 Å². The minimum absolute atomic E-state index is 0.150. The molecule has 0 atom stereocenters. The average Bonchev–Trinajstić information content (AvgIpc) is 2.08. The lowest BCUT2D eigenvalue weighted by Crippen LogP contribution is -1.81. The number of halogens is 1. The van der Waals surface area contributed by atoms with E-state index < -0.39 is 0 Å². The van der Waals surface area contributed by atoms with Crippen LogP contribution in [-0.2, 0) is 4.79 Å². The summed E-state index contributed by atoms with van der Waals surface area (Å²) < 4.78 is 5.67. The number of benzene rings is 1. The van der Waals surface area contributed by atoms with Crippen molar-refractivity contribution < 1.29 is 14.6 Å². The van der Waals surface area contributed by atoms with Crippen molar-refractivity contribution in [3.05, 3.63) is 22.7 Å². The predicted octanol–water partition coefficient (Wildman–Crippen LogP) is 1.98. The van der Waals surface area contributed by atoms with Crippen LogP contribution >= 0.6 is 15.9 Å². The molecule has 3 nitrogen and oxygen atoms in total. The highest BCUT2D eigenvalue weighted by atomic mass is 79.9. The summed E-state index contributed by atoms with van der Waals surface area (Å²) in [7, 11) is 1.52. The van der Waals surface area contributed by atoms with E-state index in [-0.39, 0.29) is 5.75 Å². The van der Waals surface area contributed by atoms with Gasteiger partial charge in [-0.2, -0.15) is 0 Å². The van der Waals surface area contributed by atoms with Crippen molar-refractivity contribution in [3.63, 3.8) is 0 Å². The van der Waals surface area contributed by atoms with Gasteiger partial charge in [-0.25, -0.2) is 0 Å². The van der Waals surface area contributed by atoms with Gasteiger partial charge in [0.05, 0.1) is 7.11 Å². The maximum Gasteiger partial charge on any atom is 0.160 e. The first kappa shape index (κ1) is 11.0. The molecule has 0 aliphatic heterocycles. The minimum atomic E-state index is 0.150. The molecular formula is C8H9BrO3. The van der Waals surface area contributed by atoms with Gasteiger partial charge in [-0.15, -0.1) is 0 Å². The molecule has 0 aliphatic carbocycles. The van der Waals surface area contributed by atoms with Crippen LogP contribution in [0.25, 0.3) is 0 Å². The SMILES string of the molecule is C=O.COc1ccc(Br)cc1O. The molecule has 66 valence electrons. The van der Waals surface area contributed by atoms with Crippen molar-refractivity contribution in [2.45, 2.75) is 0 Å². The fourth-order valence-electron chi connectivity index (χ4n) is 0.663. The molecule has 0 fully saturated rings. The summed E-state index contributed by atoms with van der Waals surface area (Å²) in [4.78, 5) is 8.00. The molecule has 0 saturated carbocycles. The molecule has 1 N–H and O–H groups in total. The largest absolute Gasteiger partial charge is 0.504 e. The summed E-state index contributed by atoms with van der Waals surface area (Å²) in [6.07, 6.45) is 0. The van der Waals surface area contributed by atoms with E-state index in [9.17, 15) is 0 Å². The van der Waals surface area contributed by atoms with E-state index in [4.69, 9.17) is 14.6 Å². The predicted molar refractivity (Wildman–Crippen MR) is 49.5 cm³/mol. The number of methoxy groups -OCH3 is 1. The van der Waals surface area contributed by atoms with Crippen LogP contribution in [0.3, 0.4) is 0 Å². The number of carbonyl (C=O) groups excluding carboxylic acids is 1. The first-order chi connectivity index (χ1) is 5.74. The Bertz CT molecular complexity index is 250. The lowest BCUT2D eigenvalue weighted by Gasteiger charge is -2.01. The van der Waals surface area contributed by atoms with Crippen LogP contribution in [0.4, 0.5) is 0 Å². The zero-order valence-corrected chi connectivity index (χ0v) is 8.17. The van der Waals surface area contributed by atoms with Crippen molar-refractivity contribution in [2.75, 3.05) is 7.11 Å². The molecule has 1 rings (SSSR count). The van der Waals surface area contributed by atoms with Crippen LogP contribution in [0, 0.1) is 0 Å². The first-order valence-corrected chi connectivity index (χ1v) is 3.84. The Morgan fingerprint density at radius 2 is 2.08 bits per heavy atom. The van der Waals surface area contributed by atoms with Crippen molar-refractivity contribution in [2.24, 2.45) is 0 Å². The number of phenols is 1. The maximum absolute atomic E-state index is 9.14. The smallest absolute Gasteiger partial charge is 0.160 e. The second kappa shape index (κ2) is 5.60. The monoisotopic (exact) mass is 232 g/mol. The summed E-state index contributed by atoms with van der Waals surface area (Å²) in [5.41, 5.74) is 0. The molecule has 1 aromatic carbocycles. The van der Waals surface area contributed by atoms with Crippen molar-refractivity contribution in [1.82, 2.24) is 0 Å². The molecule has 1 aromatic rings. The average molecular weight is 233 g/mol. The van der Waals surface area contributed by atoms with Crippen LogP contribution in [0.15, 0.2) is 22.7 Å². The van der Waals surface area contributed by atoms with Gasteiger partial charge in [0.15, 0.2) is 11.5 Å². The van der Waals surface area contributed by atoms with Gasteiger partial charge in [-0.05, 0) is 18.2 Å². The topological polar surface area (TPSA) is 46.5 Å². The van der Waals surface area contributed by atoms with E-state index in [1.165, 1.54) is 7.11 Å². The molecule has 0 bridgehead atoms. The fourth-order valence-corrected chi connectivity index (χ4v) is 1.01. The number of ether oxygens (including phenoxy) is 1. The second-order valence-electron chi connectivity index (χ2n) is 1.82. The third-order valence-electron chi connectivity index (χ3n) is 1.14. The lowest BCUT2D eigenvalue weighted by molar-refractivity contribution is -0.0979. The number of hydrogen-bond acceptors (Lipinski definition) is 3. The van der Waals surface area contributed by atoms with Gasteiger partial charge < -0.3 is 14.6 Å². The summed E-state index contributed by atoms with van der Waals surface area (Å²) in [5, 5.41) is 9.14. The van der Waals surface area contributed by atoms with Gasteiger partial charge in [0.25, 0.3) is 0 Å². The molecule has 0 heterocycles. The molecular weight excluding hydrogens is 224 g/mol. The number of carbonyl (C=O) groups is 1. The van der Waals surface area contributed by atoms with E-state index >= 15 is 0 Å². The lowest BCUT2D eigenvalue weighted by atomic mass is 10.3. The molecule has 0 saturated heterocycles. The van der Waals surface area contributed by atoms with Crippen LogP contribution < -0.4 is 4.74 Å². The Morgan fingerprint density at radius 3 is 2.50 bits per heavy atom. The molecule has 0 aliphatic rings. The van der Waals surface area contributed by atoms with Crippen LogP contribution in [0.5, 0.6) is 11.5 Å². The standard InChI is InChI=1S/C7H7BrO2.CH2O/c1-10-7-3-2-5(8)4-6(7)9;1-2/h2-4,9H,1H3;1H2. The van der Waals surface area contributed by atoms with E-state index in [1.54, 1.807) is 18.2 Å². The second-order valence-corrected chi connectivity index (χ2v) is 2.73. The van der Waals surface area contributed by atoms with Crippen LogP contribution in [0.2, 0.25) is 0 Å². The number of hydrogen-bond donors (Lipinski definition) is 1. The molecule has 0 amide bonds. The third kappa shape index (κ3) is 2.92. The van der Waals surface area contributed by atoms with E-state index in [0.717, 1.165) is 4.47 Å². The highest BCUT2D eigenvalue weighted by Crippen LogP contribution is 2.28. The minimum Gasteiger partial charge on any atom is -0.504 e. The summed E-state index contributed by atoms with van der Waals surface area (Å²) in [6.45, 7) is 2.00. The molecule has 12 heavy (non-hydrogen) atoms. The van der Waals surface area contributed by atoms with Crippen molar-refractivity contribution in [1.29, 1.82) is 0 Å². The van der Waals surface area contributed by atoms with Gasteiger partial charge in [0.2, 0.25) is 0 Å². The fraction of sp³-hybridized carbons (Fsp3) is 0.125. The number of aromatic hydroxyl groups is 1. The van der Waals surface area contributed by atoms with E-state index in [1.807, 2.05) is 6.79 Å². The zero-order chi connectivity index (χ0) is 9.56. The molecule has 0 radical (unpaired) electrons. The third-order valence-corrected chi connectivity index (χ3v) is 1.63. The summed E-state index contributed by atoms with van der Waals surface area (Å²) in [6, 6.07) is 5.08. The van der Waals surface area contributed by atoms with E-state index in [0.29, 0.717) is 5.75 Å². The quantitative estimate of drug-likeness (QED) is 0.806. The highest BCUT2D eigenvalue weighted by Gasteiger charge is 1.98. The van der Waals surface area contributed by atoms with Crippen molar-refractivity contribution >= 4 is 22.7 Å². The Hall–Kier alpha value is -1.03. The Kier molecular flexibility index (Phi) is 5.12. The number of rotatable bonds is 1. The maximum atomic E-state index is 9.14. The summed E-state index contributed by atoms with van der Waals surface area (Å²) in [5.74, 6) is 0.639. The van der Waals surface area contributed by atoms with Crippen molar-refractivity contribution in [3.8, 4) is 11.5 Å². The van der Waals surface area contributed by atoms with Gasteiger partial charge in [-0.3, -0.25) is 0 Å². The highest BCUT2D eigenvalue weighted by molar-refractivity contribution is 9.10. The van der Waals surface area contributed by atoms with Gasteiger partial charge in [0.1, 0.15) is 6.79 Å². The van der Waals surface area contributed by atoms with E-state index in [2.05, 4.69) is 15.9 Å². The van der Waals surface area contributed by atoms with Gasteiger partial charge in [0, 0.05) is 4.47 Å². The zero-order valence-electron chi connectivity index (χ0n) is 6.58. The Labute approximate surface area is 79.1 Å². The normalized spacial score (nSPS) is 8.17. The van der Waals surface area contributed by atoms with Gasteiger partial charge >= 0.3 is 0 Å². The molecule has 4 heteroatoms. The summed E-state index contributed by atoms with van der Waals surface area (Å²) >= 11 is 3.21. The molecule has 0 aromatic heterocycles. The van der Waals surface area contributed by atoms with Gasteiger partial charge in [-0.1, -0.05) is 15.9 Å². The number of phenolic OH excluding ortho intramolecular Hbond substituents is 1. The Morgan fingerprint density at radius 1 is 1.50 bits per heavy atom. The molecule has 0 spiro atoms. The molecule has 0 unspecified atom stereocenters. The first-order valence-electron chi connectivity index (χ1n) is 3.05. The van der Waals surface area contributed by atoms with Crippen LogP contribution in [-0.4, -0.2) is 19.0 Å².